The van der Waals surface area contributed by atoms with Gasteiger partial charge in [0.25, 0.3) is 5.91 Å². The second-order valence-corrected chi connectivity index (χ2v) is 5.32. The number of para-hydroxylation sites is 1. The number of carbonyl (C=O) groups excluding carboxylic acids is 1. The van der Waals surface area contributed by atoms with Crippen LogP contribution in [0.3, 0.4) is 0 Å². The predicted molar refractivity (Wildman–Crippen MR) is 78.9 cm³/mol. The maximum Gasteiger partial charge on any atom is 0.261 e. The first kappa shape index (κ1) is 15.4. The van der Waals surface area contributed by atoms with Gasteiger partial charge < -0.3 is 15.2 Å². The topological polar surface area (TPSA) is 58.6 Å². The molecule has 0 bridgehead atoms. The summed E-state index contributed by atoms with van der Waals surface area (Å²) < 4.78 is 32.4. The first-order valence-corrected chi connectivity index (χ1v) is 7.20. The Hall–Kier alpha value is -2.47. The van der Waals surface area contributed by atoms with Crippen LogP contribution in [0.4, 0.5) is 8.78 Å². The molecule has 23 heavy (non-hydrogen) atoms. The number of halogens is 2. The lowest BCUT2D eigenvalue weighted by Gasteiger charge is -2.15. The molecule has 2 aromatic carbocycles. The Morgan fingerprint density at radius 1 is 1.22 bits per heavy atom. The van der Waals surface area contributed by atoms with E-state index in [9.17, 15) is 18.7 Å². The lowest BCUT2D eigenvalue weighted by molar-refractivity contribution is -0.127. The zero-order valence-electron chi connectivity index (χ0n) is 12.1. The van der Waals surface area contributed by atoms with Crippen molar-refractivity contribution >= 4 is 5.91 Å². The Morgan fingerprint density at radius 2 is 1.96 bits per heavy atom. The molecule has 2 aromatic rings. The monoisotopic (exact) mass is 319 g/mol. The molecule has 0 saturated heterocycles. The smallest absolute Gasteiger partial charge is 0.261 e. The highest BCUT2D eigenvalue weighted by Gasteiger charge is 2.31. The van der Waals surface area contributed by atoms with E-state index in [2.05, 4.69) is 5.32 Å². The molecule has 4 nitrogen and oxygen atoms in total. The summed E-state index contributed by atoms with van der Waals surface area (Å²) in [6, 6.07) is 10.3. The van der Waals surface area contributed by atoms with E-state index in [1.807, 2.05) is 0 Å². The van der Waals surface area contributed by atoms with Crippen molar-refractivity contribution in [3.63, 3.8) is 0 Å². The molecule has 1 aliphatic heterocycles. The van der Waals surface area contributed by atoms with Gasteiger partial charge in [-0.3, -0.25) is 4.79 Å². The summed E-state index contributed by atoms with van der Waals surface area (Å²) in [7, 11) is 0. The highest BCUT2D eigenvalue weighted by molar-refractivity contribution is 5.82. The third-order valence-corrected chi connectivity index (χ3v) is 3.74. The number of hydrogen-bond acceptors (Lipinski definition) is 3. The minimum absolute atomic E-state index is 0.0855. The van der Waals surface area contributed by atoms with E-state index in [1.165, 1.54) is 24.3 Å². The fraction of sp³-hybridized carbons (Fsp3) is 0.235. The lowest BCUT2D eigenvalue weighted by Crippen LogP contribution is -2.39. The molecule has 0 aromatic heterocycles. The number of rotatable bonds is 4. The third kappa shape index (κ3) is 3.17. The van der Waals surface area contributed by atoms with Crippen molar-refractivity contribution in [3.8, 4) is 5.75 Å². The highest BCUT2D eigenvalue weighted by Crippen LogP contribution is 2.31. The molecule has 2 N–H and O–H groups in total. The summed E-state index contributed by atoms with van der Waals surface area (Å²) in [4.78, 5) is 12.1. The number of ether oxygens (including phenoxy) is 1. The number of benzene rings is 2. The second kappa shape index (κ2) is 6.34. The van der Waals surface area contributed by atoms with Crippen molar-refractivity contribution < 1.29 is 23.4 Å². The number of carbonyl (C=O) groups is 1. The Balaban J connectivity index is 1.59. The van der Waals surface area contributed by atoms with Gasteiger partial charge in [0.2, 0.25) is 0 Å². The first-order chi connectivity index (χ1) is 11.1. The van der Waals surface area contributed by atoms with E-state index in [4.69, 9.17) is 4.74 Å². The van der Waals surface area contributed by atoms with Crippen molar-refractivity contribution in [3.05, 3.63) is 65.2 Å². The molecular weight excluding hydrogens is 304 g/mol. The molecule has 1 aliphatic rings. The van der Waals surface area contributed by atoms with Crippen molar-refractivity contribution in [2.75, 3.05) is 6.54 Å². The summed E-state index contributed by atoms with van der Waals surface area (Å²) >= 11 is 0. The van der Waals surface area contributed by atoms with Gasteiger partial charge in [-0.25, -0.2) is 8.78 Å². The SMILES string of the molecule is O=C(NCC(O)c1ccccc1F)C1Cc2cccc(F)c2O1. The standard InChI is InChI=1S/C17H15F2NO3/c18-12-6-2-1-5-11(12)14(21)9-20-17(22)15-8-10-4-3-7-13(19)16(10)23-15/h1-7,14-15,21H,8-9H2,(H,20,22). The van der Waals surface area contributed by atoms with Gasteiger partial charge in [-0.15, -0.1) is 0 Å². The van der Waals surface area contributed by atoms with E-state index < -0.39 is 29.7 Å². The summed E-state index contributed by atoms with van der Waals surface area (Å²) in [5, 5.41) is 12.5. The van der Waals surface area contributed by atoms with Crippen LogP contribution in [0.15, 0.2) is 42.5 Å². The molecule has 0 spiro atoms. The van der Waals surface area contributed by atoms with Crippen molar-refractivity contribution in [2.24, 2.45) is 0 Å². The number of fused-ring (bicyclic) bond motifs is 1. The van der Waals surface area contributed by atoms with Gasteiger partial charge >= 0.3 is 0 Å². The normalized spacial score (nSPS) is 17.3. The van der Waals surface area contributed by atoms with Crippen molar-refractivity contribution in [1.29, 1.82) is 0 Å². The maximum absolute atomic E-state index is 13.6. The third-order valence-electron chi connectivity index (χ3n) is 3.74. The van der Waals surface area contributed by atoms with E-state index in [0.29, 0.717) is 5.56 Å². The largest absolute Gasteiger partial charge is 0.477 e. The zero-order valence-corrected chi connectivity index (χ0v) is 12.1. The molecule has 0 aliphatic carbocycles. The molecule has 0 saturated carbocycles. The van der Waals surface area contributed by atoms with Crippen LogP contribution >= 0.6 is 0 Å². The molecule has 2 atom stereocenters. The molecule has 6 heteroatoms. The molecule has 120 valence electrons. The highest BCUT2D eigenvalue weighted by atomic mass is 19.1. The van der Waals surface area contributed by atoms with Gasteiger partial charge in [0.05, 0.1) is 6.10 Å². The van der Waals surface area contributed by atoms with Gasteiger partial charge in [0.15, 0.2) is 17.7 Å². The Labute approximate surface area is 131 Å². The molecule has 1 amide bonds. The van der Waals surface area contributed by atoms with Crippen LogP contribution in [0.1, 0.15) is 17.2 Å². The fourth-order valence-corrected chi connectivity index (χ4v) is 2.54. The summed E-state index contributed by atoms with van der Waals surface area (Å²) in [5.74, 6) is -1.44. The van der Waals surface area contributed by atoms with Crippen molar-refractivity contribution in [2.45, 2.75) is 18.6 Å². The minimum atomic E-state index is -1.17. The van der Waals surface area contributed by atoms with Crippen molar-refractivity contribution in [1.82, 2.24) is 5.32 Å². The second-order valence-electron chi connectivity index (χ2n) is 5.32. The molecule has 1 heterocycles. The number of nitrogens with one attached hydrogen (secondary N) is 1. The van der Waals surface area contributed by atoms with Crippen LogP contribution in [0.5, 0.6) is 5.75 Å². The van der Waals surface area contributed by atoms with Gasteiger partial charge in [0, 0.05) is 24.1 Å². The van der Waals surface area contributed by atoms with Gasteiger partial charge in [-0.1, -0.05) is 30.3 Å². The molecule has 0 fully saturated rings. The predicted octanol–water partition coefficient (Wildman–Crippen LogP) is 2.12. The first-order valence-electron chi connectivity index (χ1n) is 7.20. The average molecular weight is 319 g/mol. The van der Waals surface area contributed by atoms with E-state index >= 15 is 0 Å². The van der Waals surface area contributed by atoms with E-state index in [0.717, 1.165) is 0 Å². The van der Waals surface area contributed by atoms with Crippen LogP contribution in [-0.2, 0) is 11.2 Å². The van der Waals surface area contributed by atoms with E-state index in [-0.39, 0.29) is 24.3 Å². The summed E-state index contributed by atoms with van der Waals surface area (Å²) in [5.41, 5.74) is 0.731. The summed E-state index contributed by atoms with van der Waals surface area (Å²) in [6.07, 6.45) is -1.76. The maximum atomic E-state index is 13.6. The zero-order chi connectivity index (χ0) is 16.4. The van der Waals surface area contributed by atoms with Gasteiger partial charge in [-0.2, -0.15) is 0 Å². The van der Waals surface area contributed by atoms with Crippen LogP contribution < -0.4 is 10.1 Å². The van der Waals surface area contributed by atoms with Gasteiger partial charge in [-0.05, 0) is 12.1 Å². The number of aliphatic hydroxyl groups is 1. The number of hydrogen-bond donors (Lipinski definition) is 2. The Bertz CT molecular complexity index is 736. The Kier molecular flexibility index (Phi) is 4.25. The number of amides is 1. The van der Waals surface area contributed by atoms with E-state index in [1.54, 1.807) is 18.2 Å². The van der Waals surface area contributed by atoms with Crippen LogP contribution in [0.2, 0.25) is 0 Å². The molecule has 0 radical (unpaired) electrons. The molecule has 2 unspecified atom stereocenters. The Morgan fingerprint density at radius 3 is 2.70 bits per heavy atom. The van der Waals surface area contributed by atoms with Crippen LogP contribution in [-0.4, -0.2) is 23.7 Å². The number of aliphatic hydroxyl groups excluding tert-OH is 1. The molecule has 3 rings (SSSR count). The molecular formula is C17H15F2NO3. The minimum Gasteiger partial charge on any atom is -0.477 e. The summed E-state index contributed by atoms with van der Waals surface area (Å²) in [6.45, 7) is -0.154. The average Bonchev–Trinajstić information content (AvgIpc) is 2.98. The van der Waals surface area contributed by atoms with Crippen LogP contribution in [0.25, 0.3) is 0 Å². The van der Waals surface area contributed by atoms with Gasteiger partial charge in [0.1, 0.15) is 5.82 Å². The fourth-order valence-electron chi connectivity index (χ4n) is 2.54. The quantitative estimate of drug-likeness (QED) is 0.907. The van der Waals surface area contributed by atoms with Crippen LogP contribution in [0, 0.1) is 11.6 Å². The lowest BCUT2D eigenvalue weighted by atomic mass is 10.1.